The monoisotopic (exact) mass is 2120 g/mol. The third kappa shape index (κ3) is 21.3. The number of hydrogen-bond acceptors (Lipinski definition) is 45. The van der Waals surface area contributed by atoms with Crippen LogP contribution >= 0.6 is 0 Å². The molecule has 0 N–H and O–H groups in total. The van der Waals surface area contributed by atoms with Crippen molar-refractivity contribution in [2.24, 2.45) is 79.8 Å². The highest BCUT2D eigenvalue weighted by atomic mass is 32.2. The molecule has 144 heavy (non-hydrogen) atoms. The SMILES string of the molecule is CCC(C)(C)C(=O)OC1C2OS(=O)(=O)C3C2OC1C3C(=O)OC.CCC(C)(C)C(=O)OCC(=O)OC1C2CC3C(O2)C1OS3(=O)=O.CCC(C)(C)C(=O)OCC(=O)OC1C2CC3C1OS(=O)(=O)C3C2.CCC(C)(C)C(=O)OCC(=O)OC1C2CC3C1OS(=O)(=O)C3C2C.O=C=O.[C-]#[N+]C12CC3CC1C(OC2=O)C3OC(=O)COC(=O)C(C)(C)CC.[C-]#[N+]C12CC3OC1C(OC2=O)C3OC(=O)COC(=O)C(C)(C)CC. The minimum Gasteiger partial charge on any atom is -0.469 e. The number of rotatable bonds is 29. The van der Waals surface area contributed by atoms with Gasteiger partial charge in [0, 0.05) is 36.0 Å². The van der Waals surface area contributed by atoms with Gasteiger partial charge in [-0.3, -0.25) is 60.0 Å². The molecule has 0 spiro atoms. The molecule has 32 atom stereocenters. The number of nitrogens with zero attached hydrogens (tertiary/aromatic N) is 2. The minimum atomic E-state index is -3.96. The lowest BCUT2D eigenvalue weighted by Crippen LogP contribution is -2.50. The number of fused-ring (bicyclic) bond motifs is 6. The Hall–Kier alpha value is -9.54. The van der Waals surface area contributed by atoms with Crippen molar-refractivity contribution >= 4 is 130 Å². The van der Waals surface area contributed by atoms with Gasteiger partial charge in [-0.2, -0.15) is 43.3 Å². The third-order valence-electron chi connectivity index (χ3n) is 32.1. The number of ether oxygens (including phenoxy) is 17. The quantitative estimate of drug-likeness (QED) is 0.0442. The van der Waals surface area contributed by atoms with E-state index in [1.165, 1.54) is 7.11 Å². The fourth-order valence-electron chi connectivity index (χ4n) is 21.3. The van der Waals surface area contributed by atoms with E-state index >= 15 is 0 Å². The standard InChI is InChI=1S/C17H21NO6.C16H19NO7.C16H24O7S.C15H22O7S.2C14H20O8S.CO2/c1-5-16(2,3)14(20)22-8-11(19)23-12-9-6-10-13(12)24-15(21)17(10,7-9)18-4;1-5-15(2,3)13(19)21-7-9(18)23-10-8-6-16(17-4)12(22-8)11(10)24-14(16)20;1-5-16(3,4)15(18)21-7-11(17)22-12-9-6-10-13(12)23-24(19,20)14(10)8(9)2;1-4-15(2,3)14(17)20-7-11(16)21-12-8-5-9-10(6-8)23(18,19)22-13(9)12;1-5-14(2,3)13(16)21-8-7-6(12(15)19-4)11-10(20-7)9(8)22-23(11,17)18;1-4-14(2,3)13(16)19-6-9(15)21-10-7-5-8-11(20-7)12(10)22-23(8,17)18;2-1-3/h9-10,12-13H,5-8H2,1-3H3;8,10-12H,5-7H2,1-3H3;8-10,12-14H,5-7H2,1-4H3;8-10,12-13H,4-7H2,1-3H3;6-11H,5H2,1-4H3;7-8,10-12H,4-6H2,1-3H3;. The van der Waals surface area contributed by atoms with Crippen LogP contribution in [0.1, 0.15) is 215 Å². The van der Waals surface area contributed by atoms with Crippen molar-refractivity contribution in [3.8, 4) is 0 Å². The molecular weight excluding hydrogens is 1990 g/mol. The van der Waals surface area contributed by atoms with E-state index in [0.717, 1.165) is 0 Å². The normalized spacial score (nSPS) is 36.8. The summed E-state index contributed by atoms with van der Waals surface area (Å²) < 4.78 is 205. The molecule has 0 radical (unpaired) electrons. The molecule has 32 unspecified atom stereocenters. The predicted octanol–water partition coefficient (Wildman–Crippen LogP) is 3.97. The van der Waals surface area contributed by atoms with Crippen LogP contribution in [0.5, 0.6) is 0 Å². The zero-order chi connectivity index (χ0) is 107. The van der Waals surface area contributed by atoms with E-state index in [9.17, 15) is 101 Å². The first-order valence-electron chi connectivity index (χ1n) is 47.9. The summed E-state index contributed by atoms with van der Waals surface area (Å²) in [5.74, 6) is -9.65. The van der Waals surface area contributed by atoms with Crippen molar-refractivity contribution in [1.29, 1.82) is 0 Å². The zero-order valence-electron chi connectivity index (χ0n) is 83.4. The maximum Gasteiger partial charge on any atom is 0.397 e. The second-order valence-electron chi connectivity index (χ2n) is 43.0. The first kappa shape index (κ1) is 113. The van der Waals surface area contributed by atoms with Crippen LogP contribution in [0.4, 0.5) is 0 Å². The van der Waals surface area contributed by atoms with E-state index in [2.05, 4.69) is 9.69 Å². The van der Waals surface area contributed by atoms with E-state index in [1.807, 2.05) is 48.5 Å². The maximum atomic E-state index is 12.3. The number of methoxy groups -OCH3 is 1. The molecule has 6 saturated carbocycles. The molecule has 51 heteroatoms. The van der Waals surface area contributed by atoms with Crippen LogP contribution in [-0.4, -0.2) is 305 Å². The molecule has 12 heterocycles. The second-order valence-corrected chi connectivity index (χ2v) is 50.0. The van der Waals surface area contributed by atoms with Gasteiger partial charge in [0.1, 0.15) is 83.6 Å². The predicted molar refractivity (Wildman–Crippen MR) is 476 cm³/mol. The number of esters is 14. The van der Waals surface area contributed by atoms with E-state index < -0.39 is 337 Å². The molecule has 47 nitrogen and oxygen atoms in total. The Morgan fingerprint density at radius 2 is 0.757 bits per heavy atom. The van der Waals surface area contributed by atoms with Crippen molar-refractivity contribution in [3.05, 3.63) is 22.8 Å². The van der Waals surface area contributed by atoms with Gasteiger partial charge in [0.15, 0.2) is 69.7 Å². The van der Waals surface area contributed by atoms with Gasteiger partial charge in [0.25, 0.3) is 40.5 Å². The second kappa shape index (κ2) is 41.9. The van der Waals surface area contributed by atoms with Gasteiger partial charge in [-0.1, -0.05) is 48.5 Å². The van der Waals surface area contributed by atoms with Gasteiger partial charge in [-0.25, -0.2) is 46.7 Å². The summed E-state index contributed by atoms with van der Waals surface area (Å²) in [5, 5.41) is -2.70. The topological polar surface area (TPSA) is 612 Å². The lowest BCUT2D eigenvalue weighted by atomic mass is 9.81. The Morgan fingerprint density at radius 3 is 1.22 bits per heavy atom. The van der Waals surface area contributed by atoms with Gasteiger partial charge in [0.05, 0.1) is 68.5 Å². The molecule has 12 aliphatic heterocycles. The van der Waals surface area contributed by atoms with Crippen LogP contribution in [0.3, 0.4) is 0 Å². The smallest absolute Gasteiger partial charge is 0.397 e. The molecule has 18 fully saturated rings. The van der Waals surface area contributed by atoms with Gasteiger partial charge in [-0.15, -0.1) is 0 Å². The van der Waals surface area contributed by atoms with Gasteiger partial charge < -0.3 is 80.5 Å². The highest BCUT2D eigenvalue weighted by Gasteiger charge is 2.81. The van der Waals surface area contributed by atoms with E-state index in [4.69, 9.17) is 120 Å². The molecule has 0 aromatic heterocycles. The number of hydrogen-bond donors (Lipinski definition) is 0. The average molecular weight is 2120 g/mol. The summed E-state index contributed by atoms with van der Waals surface area (Å²) in [6.07, 6.45) is -5.24. The van der Waals surface area contributed by atoms with Crippen molar-refractivity contribution in [3.63, 3.8) is 0 Å². The molecule has 18 rings (SSSR count). The van der Waals surface area contributed by atoms with Gasteiger partial charge >= 0.3 is 101 Å². The zero-order valence-corrected chi connectivity index (χ0v) is 86.7. The van der Waals surface area contributed by atoms with Gasteiger partial charge in [0.2, 0.25) is 0 Å². The Kier molecular flexibility index (Phi) is 32.9. The highest BCUT2D eigenvalue weighted by molar-refractivity contribution is 7.88. The van der Waals surface area contributed by atoms with Crippen LogP contribution in [0.15, 0.2) is 0 Å². The fraction of sp³-hybridized carbons (Fsp3) is 0.817. The molecule has 0 amide bonds. The van der Waals surface area contributed by atoms with Crippen LogP contribution < -0.4 is 0 Å². The summed E-state index contributed by atoms with van der Waals surface area (Å²) in [6.45, 7) is 46.0. The summed E-state index contributed by atoms with van der Waals surface area (Å²) >= 11 is 0. The molecule has 0 aromatic carbocycles. The minimum absolute atomic E-state index is 0.0130. The lowest BCUT2D eigenvalue weighted by molar-refractivity contribution is -0.192. The Morgan fingerprint density at radius 1 is 0.375 bits per heavy atom. The fourth-order valence-corrected chi connectivity index (χ4v) is 28.7. The molecule has 12 saturated heterocycles. The van der Waals surface area contributed by atoms with Crippen LogP contribution in [0.2, 0.25) is 0 Å². The third-order valence-corrected chi connectivity index (χ3v) is 39.2. The van der Waals surface area contributed by atoms with E-state index in [0.29, 0.717) is 70.6 Å². The Bertz CT molecular complexity index is 5430. The highest BCUT2D eigenvalue weighted by Crippen LogP contribution is 2.62. The molecule has 6 aliphatic carbocycles. The summed E-state index contributed by atoms with van der Waals surface area (Å²) in [5.41, 5.74) is -6.40. The molecule has 802 valence electrons. The average Bonchev–Trinajstić information content (AvgIpc) is 1.52. The van der Waals surface area contributed by atoms with Crippen molar-refractivity contribution in [2.45, 2.75) is 357 Å². The lowest BCUT2D eigenvalue weighted by Gasteiger charge is -2.30. The molecule has 18 aliphatic rings. The van der Waals surface area contributed by atoms with Crippen molar-refractivity contribution in [1.82, 2.24) is 0 Å². The number of carbonyl (C=O) groups excluding carboxylic acids is 16. The molecule has 12 bridgehead atoms. The van der Waals surface area contributed by atoms with Gasteiger partial charge in [-0.05, 0) is 160 Å². The first-order valence-corrected chi connectivity index (χ1v) is 53.8. The molecular formula is C93H126N2O45S4. The van der Waals surface area contributed by atoms with Crippen molar-refractivity contribution < 1.29 is 208 Å². The van der Waals surface area contributed by atoms with E-state index in [-0.39, 0.29) is 60.4 Å². The van der Waals surface area contributed by atoms with Crippen LogP contribution in [0.25, 0.3) is 9.69 Å². The van der Waals surface area contributed by atoms with Crippen molar-refractivity contribution in [2.75, 3.05) is 40.1 Å². The summed E-state index contributed by atoms with van der Waals surface area (Å²) in [6, 6.07) is 0. The Labute approximate surface area is 833 Å². The Balaban J connectivity index is 0.000000153. The van der Waals surface area contributed by atoms with Crippen LogP contribution in [0, 0.1) is 93.0 Å². The summed E-state index contributed by atoms with van der Waals surface area (Å²) in [7, 11) is -13.5. The van der Waals surface area contributed by atoms with Crippen LogP contribution in [-0.2, 0) is 214 Å². The maximum absolute atomic E-state index is 12.3. The van der Waals surface area contributed by atoms with E-state index in [1.54, 1.807) is 83.1 Å². The molecule has 0 aromatic rings. The number of carbonyl (C=O) groups is 14. The largest absolute Gasteiger partial charge is 0.469 e. The first-order chi connectivity index (χ1) is 66.9. The summed E-state index contributed by atoms with van der Waals surface area (Å²) in [4.78, 5) is 190.